The number of methoxy groups -OCH3 is 2. The van der Waals surface area contributed by atoms with Gasteiger partial charge in [0.2, 0.25) is 0 Å². The van der Waals surface area contributed by atoms with Gasteiger partial charge in [0.1, 0.15) is 11.1 Å². The molecule has 0 amide bonds. The number of hydrogen-bond acceptors (Lipinski definition) is 6. The Morgan fingerprint density at radius 2 is 1.19 bits per heavy atom. The molecule has 0 atom stereocenters. The smallest absolute Gasteiger partial charge is 0.341 e. The van der Waals surface area contributed by atoms with Crippen molar-refractivity contribution >= 4 is 23.5 Å². The molecule has 0 saturated carbocycles. The first-order chi connectivity index (χ1) is 7.51. The highest BCUT2D eigenvalue weighted by atomic mass is 16.5. The van der Waals surface area contributed by atoms with Crippen LogP contribution in [0.4, 0.5) is 0 Å². The summed E-state index contributed by atoms with van der Waals surface area (Å²) in [5.41, 5.74) is -0.805. The molecule has 0 aliphatic heterocycles. The predicted octanol–water partition coefficient (Wildman–Crippen LogP) is -0.663. The summed E-state index contributed by atoms with van der Waals surface area (Å²) in [6, 6.07) is 0. The summed E-state index contributed by atoms with van der Waals surface area (Å²) in [7, 11) is 2.17. The zero-order valence-corrected chi connectivity index (χ0v) is 8.60. The molecule has 0 N–H and O–H groups in total. The number of carbonyl (C=O) groups excluding carboxylic acids is 4. The van der Waals surface area contributed by atoms with Crippen LogP contribution in [0.2, 0.25) is 0 Å². The average Bonchev–Trinajstić information content (AvgIpc) is 2.29. The quantitative estimate of drug-likeness (QED) is 0.351. The Hall–Kier alpha value is -2.24. The molecule has 84 valence electrons. The third-order valence-electron chi connectivity index (χ3n) is 1.89. The van der Waals surface area contributed by atoms with Gasteiger partial charge in [0.25, 0.3) is 0 Å². The first kappa shape index (κ1) is 11.8. The summed E-state index contributed by atoms with van der Waals surface area (Å²) in [6.45, 7) is 0. The van der Waals surface area contributed by atoms with Crippen molar-refractivity contribution in [1.82, 2.24) is 0 Å². The standard InChI is InChI=1S/C10H8O6/c1-15-9(13)5-3-8(12)6(4-7(5)11)10(14)16-2/h3-4H,1-2H3. The predicted molar refractivity (Wildman–Crippen MR) is 50.2 cm³/mol. The summed E-state index contributed by atoms with van der Waals surface area (Å²) in [5, 5.41) is 0. The Balaban J connectivity index is 3.06. The number of carbonyl (C=O) groups is 4. The Morgan fingerprint density at radius 1 is 0.875 bits per heavy atom. The summed E-state index contributed by atoms with van der Waals surface area (Å²) in [5.74, 6) is -3.35. The van der Waals surface area contributed by atoms with Crippen LogP contribution in [0.25, 0.3) is 0 Å². The van der Waals surface area contributed by atoms with Gasteiger partial charge in [-0.15, -0.1) is 0 Å². The van der Waals surface area contributed by atoms with Gasteiger partial charge in [-0.1, -0.05) is 0 Å². The minimum absolute atomic E-state index is 0.403. The van der Waals surface area contributed by atoms with Crippen molar-refractivity contribution in [2.45, 2.75) is 0 Å². The second-order valence-corrected chi connectivity index (χ2v) is 2.83. The lowest BCUT2D eigenvalue weighted by Gasteiger charge is -2.08. The maximum absolute atomic E-state index is 11.4. The van der Waals surface area contributed by atoms with E-state index in [0.717, 1.165) is 26.4 Å². The van der Waals surface area contributed by atoms with Crippen molar-refractivity contribution < 1.29 is 28.7 Å². The molecule has 0 fully saturated rings. The molecule has 1 rings (SSSR count). The van der Waals surface area contributed by atoms with E-state index in [1.807, 2.05) is 0 Å². The Kier molecular flexibility index (Phi) is 3.34. The van der Waals surface area contributed by atoms with Crippen molar-refractivity contribution in [3.8, 4) is 0 Å². The molecule has 0 heterocycles. The van der Waals surface area contributed by atoms with E-state index in [4.69, 9.17) is 0 Å². The number of ketones is 2. The second kappa shape index (κ2) is 4.52. The molecule has 0 bridgehead atoms. The third-order valence-corrected chi connectivity index (χ3v) is 1.89. The molecule has 0 saturated heterocycles. The van der Waals surface area contributed by atoms with E-state index in [0.29, 0.717) is 0 Å². The number of allylic oxidation sites excluding steroid dienone is 2. The highest BCUT2D eigenvalue weighted by Gasteiger charge is 2.29. The topological polar surface area (TPSA) is 86.7 Å². The van der Waals surface area contributed by atoms with Gasteiger partial charge in [0, 0.05) is 12.2 Å². The third kappa shape index (κ3) is 2.05. The molecule has 1 aliphatic rings. The Bertz CT molecular complexity index is 398. The van der Waals surface area contributed by atoms with Gasteiger partial charge in [-0.05, 0) is 0 Å². The van der Waals surface area contributed by atoms with Gasteiger partial charge >= 0.3 is 11.9 Å². The zero-order valence-electron chi connectivity index (χ0n) is 8.60. The highest BCUT2D eigenvalue weighted by molar-refractivity contribution is 6.35. The lowest BCUT2D eigenvalue weighted by atomic mass is 9.97. The van der Waals surface area contributed by atoms with Crippen LogP contribution in [0.1, 0.15) is 0 Å². The van der Waals surface area contributed by atoms with Gasteiger partial charge < -0.3 is 9.47 Å². The Morgan fingerprint density at radius 3 is 1.44 bits per heavy atom. The van der Waals surface area contributed by atoms with Gasteiger partial charge in [-0.2, -0.15) is 0 Å². The average molecular weight is 224 g/mol. The molecule has 0 unspecified atom stereocenters. The van der Waals surface area contributed by atoms with Crippen LogP contribution in [-0.2, 0) is 28.7 Å². The molecule has 0 aromatic rings. The number of rotatable bonds is 2. The zero-order chi connectivity index (χ0) is 12.3. The van der Waals surface area contributed by atoms with Crippen molar-refractivity contribution in [3.63, 3.8) is 0 Å². The van der Waals surface area contributed by atoms with Gasteiger partial charge in [0.05, 0.1) is 14.2 Å². The SMILES string of the molecule is COC(=O)C1=CC(=O)C(C(=O)OC)=CC1=O. The fourth-order valence-electron chi connectivity index (χ4n) is 1.10. The fourth-order valence-corrected chi connectivity index (χ4v) is 1.10. The number of esters is 2. The highest BCUT2D eigenvalue weighted by Crippen LogP contribution is 2.14. The first-order valence-electron chi connectivity index (χ1n) is 4.20. The van der Waals surface area contributed by atoms with E-state index in [-0.39, 0.29) is 0 Å². The molecule has 0 aromatic carbocycles. The maximum Gasteiger partial charge on any atom is 0.341 e. The van der Waals surface area contributed by atoms with Crippen LogP contribution in [0, 0.1) is 0 Å². The van der Waals surface area contributed by atoms with E-state index in [9.17, 15) is 19.2 Å². The molecule has 6 heteroatoms. The molecule has 0 spiro atoms. The molecule has 16 heavy (non-hydrogen) atoms. The van der Waals surface area contributed by atoms with Crippen LogP contribution in [-0.4, -0.2) is 37.7 Å². The van der Waals surface area contributed by atoms with E-state index in [2.05, 4.69) is 9.47 Å². The molecular formula is C10H8O6. The second-order valence-electron chi connectivity index (χ2n) is 2.83. The molecule has 0 radical (unpaired) electrons. The lowest BCUT2D eigenvalue weighted by molar-refractivity contribution is -0.140. The number of ether oxygens (including phenoxy) is 2. The monoisotopic (exact) mass is 224 g/mol. The minimum Gasteiger partial charge on any atom is -0.465 e. The fraction of sp³-hybridized carbons (Fsp3) is 0.200. The van der Waals surface area contributed by atoms with Crippen LogP contribution >= 0.6 is 0 Å². The van der Waals surface area contributed by atoms with E-state index < -0.39 is 34.7 Å². The molecular weight excluding hydrogens is 216 g/mol. The maximum atomic E-state index is 11.4. The van der Waals surface area contributed by atoms with Gasteiger partial charge in [0.15, 0.2) is 11.6 Å². The van der Waals surface area contributed by atoms with E-state index >= 15 is 0 Å². The summed E-state index contributed by atoms with van der Waals surface area (Å²) < 4.78 is 8.61. The van der Waals surface area contributed by atoms with E-state index in [1.54, 1.807) is 0 Å². The van der Waals surface area contributed by atoms with Gasteiger partial charge in [-0.3, -0.25) is 9.59 Å². The van der Waals surface area contributed by atoms with Crippen LogP contribution in [0.3, 0.4) is 0 Å². The van der Waals surface area contributed by atoms with Crippen LogP contribution < -0.4 is 0 Å². The van der Waals surface area contributed by atoms with Crippen molar-refractivity contribution in [2.24, 2.45) is 0 Å². The van der Waals surface area contributed by atoms with Crippen molar-refractivity contribution in [1.29, 1.82) is 0 Å². The van der Waals surface area contributed by atoms with Crippen LogP contribution in [0.5, 0.6) is 0 Å². The molecule has 6 nitrogen and oxygen atoms in total. The van der Waals surface area contributed by atoms with Crippen molar-refractivity contribution in [3.05, 3.63) is 23.3 Å². The molecule has 1 aliphatic carbocycles. The largest absolute Gasteiger partial charge is 0.465 e. The van der Waals surface area contributed by atoms with Crippen molar-refractivity contribution in [2.75, 3.05) is 14.2 Å². The molecule has 0 aromatic heterocycles. The lowest BCUT2D eigenvalue weighted by Crippen LogP contribution is -2.24. The first-order valence-corrected chi connectivity index (χ1v) is 4.20. The summed E-state index contributed by atoms with van der Waals surface area (Å²) in [4.78, 5) is 44.9. The normalized spacial score (nSPS) is 15.1. The minimum atomic E-state index is -0.918. The number of hydrogen-bond donors (Lipinski definition) is 0. The summed E-state index contributed by atoms with van der Waals surface area (Å²) >= 11 is 0. The summed E-state index contributed by atoms with van der Waals surface area (Å²) in [6.07, 6.45) is 1.53. The van der Waals surface area contributed by atoms with E-state index in [1.165, 1.54) is 0 Å². The van der Waals surface area contributed by atoms with Gasteiger partial charge in [-0.25, -0.2) is 9.59 Å². The van der Waals surface area contributed by atoms with Crippen LogP contribution in [0.15, 0.2) is 23.3 Å². The Labute approximate surface area is 90.5 Å².